The molecule has 1 aliphatic heterocycles. The van der Waals surface area contributed by atoms with Crippen molar-refractivity contribution in [2.24, 2.45) is 0 Å². The average Bonchev–Trinajstić information content (AvgIpc) is 3.47. The maximum Gasteiger partial charge on any atom is 0.206 e. The summed E-state index contributed by atoms with van der Waals surface area (Å²) in [6.45, 7) is 3.93. The first-order chi connectivity index (χ1) is 15.6. The van der Waals surface area contributed by atoms with Gasteiger partial charge >= 0.3 is 0 Å². The van der Waals surface area contributed by atoms with Crippen LogP contribution in [0.2, 0.25) is 0 Å². The van der Waals surface area contributed by atoms with Crippen LogP contribution in [0.15, 0.2) is 48.5 Å². The smallest absolute Gasteiger partial charge is 0.206 e. The number of nitrogens with two attached hydrogens (primary N) is 1. The van der Waals surface area contributed by atoms with E-state index >= 15 is 0 Å². The molecule has 2 heterocycles. The molecule has 0 saturated carbocycles. The summed E-state index contributed by atoms with van der Waals surface area (Å²) in [7, 11) is 0. The number of benzene rings is 2. The van der Waals surface area contributed by atoms with Crippen molar-refractivity contribution in [2.45, 2.75) is 45.1 Å². The number of ketones is 1. The molecule has 1 aliphatic rings. The van der Waals surface area contributed by atoms with Crippen LogP contribution in [0.1, 0.15) is 53.4 Å². The quantitative estimate of drug-likeness (QED) is 0.292. The van der Waals surface area contributed by atoms with Gasteiger partial charge in [-0.05, 0) is 74.5 Å². The molecule has 2 aromatic carbocycles. The zero-order valence-electron chi connectivity index (χ0n) is 18.4. The van der Waals surface area contributed by atoms with Crippen LogP contribution in [-0.2, 0) is 6.42 Å². The van der Waals surface area contributed by atoms with Crippen LogP contribution in [0.4, 0.5) is 16.6 Å². The second kappa shape index (κ2) is 10.6. The van der Waals surface area contributed by atoms with Gasteiger partial charge in [-0.3, -0.25) is 4.79 Å². The highest BCUT2D eigenvalue weighted by Gasteiger charge is 2.18. The standard InChI is InChI=1S/C25H30N4O2S/c1-2-17-6-3-7-18(16-17)22(30)23-24(26)29-25(32-23)28-20-10-12-21(13-11-20)31-15-5-9-19-8-4-14-27-19/h3,6-7,10-13,16,19,27H,2,4-5,8-9,14-15,26H2,1H3,(H,28,29). The van der Waals surface area contributed by atoms with Crippen LogP contribution in [0.3, 0.4) is 0 Å². The van der Waals surface area contributed by atoms with Gasteiger partial charge in [-0.2, -0.15) is 0 Å². The number of nitrogen functional groups attached to an aromatic ring is 1. The Kier molecular flexibility index (Phi) is 7.39. The number of hydrogen-bond donors (Lipinski definition) is 3. The van der Waals surface area contributed by atoms with Crippen molar-refractivity contribution in [3.8, 4) is 5.75 Å². The fraction of sp³-hybridized carbons (Fsp3) is 0.360. The Morgan fingerprint density at radius 1 is 1.28 bits per heavy atom. The van der Waals surface area contributed by atoms with E-state index in [2.05, 4.69) is 22.5 Å². The molecule has 1 aromatic heterocycles. The van der Waals surface area contributed by atoms with Gasteiger partial charge in [-0.1, -0.05) is 36.5 Å². The molecule has 7 heteroatoms. The molecule has 1 unspecified atom stereocenters. The van der Waals surface area contributed by atoms with E-state index in [0.717, 1.165) is 49.4 Å². The fourth-order valence-corrected chi connectivity index (χ4v) is 4.76. The predicted octanol–water partition coefficient (Wildman–Crippen LogP) is 5.17. The Bertz CT molecular complexity index is 1040. The largest absolute Gasteiger partial charge is 0.494 e. The number of carbonyl (C=O) groups excluding carboxylic acids is 1. The topological polar surface area (TPSA) is 89.3 Å². The van der Waals surface area contributed by atoms with E-state index in [1.54, 1.807) is 0 Å². The summed E-state index contributed by atoms with van der Waals surface area (Å²) >= 11 is 1.27. The van der Waals surface area contributed by atoms with Crippen molar-refractivity contribution >= 4 is 33.8 Å². The van der Waals surface area contributed by atoms with Gasteiger partial charge in [0.1, 0.15) is 16.4 Å². The van der Waals surface area contributed by atoms with Gasteiger partial charge in [-0.25, -0.2) is 4.98 Å². The van der Waals surface area contributed by atoms with Crippen molar-refractivity contribution in [3.05, 3.63) is 64.5 Å². The number of nitrogens with zero attached hydrogens (tertiary/aromatic N) is 1. The minimum atomic E-state index is -0.0973. The lowest BCUT2D eigenvalue weighted by molar-refractivity contribution is 0.104. The molecule has 1 saturated heterocycles. The number of anilines is 3. The van der Waals surface area contributed by atoms with Gasteiger partial charge in [-0.15, -0.1) is 0 Å². The molecule has 4 N–H and O–H groups in total. The van der Waals surface area contributed by atoms with Crippen LogP contribution >= 0.6 is 11.3 Å². The molecule has 6 nitrogen and oxygen atoms in total. The molecule has 0 spiro atoms. The molecule has 4 rings (SSSR count). The van der Waals surface area contributed by atoms with Crippen molar-refractivity contribution in [1.29, 1.82) is 0 Å². The molecule has 3 aromatic rings. The maximum absolute atomic E-state index is 12.9. The van der Waals surface area contributed by atoms with Crippen molar-refractivity contribution in [2.75, 3.05) is 24.2 Å². The summed E-state index contributed by atoms with van der Waals surface area (Å²) in [5.41, 5.74) is 8.68. The zero-order chi connectivity index (χ0) is 22.3. The Balaban J connectivity index is 1.32. The molecular formula is C25H30N4O2S. The van der Waals surface area contributed by atoms with Gasteiger partial charge in [0.15, 0.2) is 5.13 Å². The highest BCUT2D eigenvalue weighted by Crippen LogP contribution is 2.30. The lowest BCUT2D eigenvalue weighted by Gasteiger charge is -2.11. The number of thiazole rings is 1. The van der Waals surface area contributed by atoms with Crippen LogP contribution < -0.4 is 21.1 Å². The van der Waals surface area contributed by atoms with Gasteiger partial charge < -0.3 is 21.1 Å². The summed E-state index contributed by atoms with van der Waals surface area (Å²) in [6.07, 6.45) is 5.65. The molecule has 0 radical (unpaired) electrons. The van der Waals surface area contributed by atoms with Crippen molar-refractivity contribution in [1.82, 2.24) is 10.3 Å². The van der Waals surface area contributed by atoms with E-state index in [0.29, 0.717) is 21.6 Å². The Hall–Kier alpha value is -2.90. The third-order valence-corrected chi connectivity index (χ3v) is 6.68. The van der Waals surface area contributed by atoms with E-state index in [1.807, 2.05) is 48.5 Å². The number of hydrogen-bond acceptors (Lipinski definition) is 7. The summed E-state index contributed by atoms with van der Waals surface area (Å²) in [5.74, 6) is 1.00. The molecule has 0 amide bonds. The zero-order valence-corrected chi connectivity index (χ0v) is 19.2. The van der Waals surface area contributed by atoms with Crippen LogP contribution in [0, 0.1) is 0 Å². The van der Waals surface area contributed by atoms with Gasteiger partial charge in [0, 0.05) is 17.3 Å². The third-order valence-electron chi connectivity index (χ3n) is 5.69. The van der Waals surface area contributed by atoms with E-state index < -0.39 is 0 Å². The molecule has 168 valence electrons. The summed E-state index contributed by atoms with van der Waals surface area (Å²) in [6, 6.07) is 16.1. The highest BCUT2D eigenvalue weighted by atomic mass is 32.1. The van der Waals surface area contributed by atoms with E-state index in [4.69, 9.17) is 10.5 Å². The Morgan fingerprint density at radius 3 is 2.88 bits per heavy atom. The predicted molar refractivity (Wildman–Crippen MR) is 131 cm³/mol. The molecule has 1 atom stereocenters. The first-order valence-corrected chi connectivity index (χ1v) is 12.1. The number of ether oxygens (including phenoxy) is 1. The number of rotatable bonds is 10. The lowest BCUT2D eigenvalue weighted by atomic mass is 10.1. The monoisotopic (exact) mass is 450 g/mol. The number of aromatic nitrogens is 1. The Morgan fingerprint density at radius 2 is 2.12 bits per heavy atom. The Labute approximate surface area is 193 Å². The second-order valence-corrected chi connectivity index (χ2v) is 9.05. The maximum atomic E-state index is 12.9. The number of aryl methyl sites for hydroxylation is 1. The molecule has 0 bridgehead atoms. The van der Waals surface area contributed by atoms with Crippen LogP contribution in [-0.4, -0.2) is 30.0 Å². The second-order valence-electron chi connectivity index (χ2n) is 8.05. The first kappa shape index (κ1) is 22.3. The minimum absolute atomic E-state index is 0.0973. The summed E-state index contributed by atoms with van der Waals surface area (Å²) in [5, 5.41) is 7.34. The number of nitrogens with one attached hydrogen (secondary N) is 2. The summed E-state index contributed by atoms with van der Waals surface area (Å²) < 4.78 is 5.86. The van der Waals surface area contributed by atoms with E-state index in [-0.39, 0.29) is 11.6 Å². The van der Waals surface area contributed by atoms with E-state index in [9.17, 15) is 4.79 Å². The normalized spacial score (nSPS) is 15.6. The van der Waals surface area contributed by atoms with Crippen molar-refractivity contribution in [3.63, 3.8) is 0 Å². The van der Waals surface area contributed by atoms with Crippen molar-refractivity contribution < 1.29 is 9.53 Å². The van der Waals surface area contributed by atoms with Gasteiger partial charge in [0.2, 0.25) is 5.78 Å². The van der Waals surface area contributed by atoms with Crippen LogP contribution in [0.25, 0.3) is 0 Å². The third kappa shape index (κ3) is 5.66. The molecule has 0 aliphatic carbocycles. The highest BCUT2D eigenvalue weighted by molar-refractivity contribution is 7.18. The summed E-state index contributed by atoms with van der Waals surface area (Å²) in [4.78, 5) is 17.7. The van der Waals surface area contributed by atoms with Gasteiger partial charge in [0.05, 0.1) is 6.61 Å². The van der Waals surface area contributed by atoms with Gasteiger partial charge in [0.25, 0.3) is 0 Å². The first-order valence-electron chi connectivity index (χ1n) is 11.3. The van der Waals surface area contributed by atoms with Crippen LogP contribution in [0.5, 0.6) is 5.75 Å². The van der Waals surface area contributed by atoms with E-state index in [1.165, 1.54) is 24.2 Å². The molecule has 1 fully saturated rings. The lowest BCUT2D eigenvalue weighted by Crippen LogP contribution is -2.21. The SMILES string of the molecule is CCc1cccc(C(=O)c2sc(Nc3ccc(OCCCC4CCCN4)cc3)nc2N)c1. The molecule has 32 heavy (non-hydrogen) atoms. The average molecular weight is 451 g/mol. The minimum Gasteiger partial charge on any atom is -0.494 e. The number of carbonyl (C=O) groups is 1. The molecular weight excluding hydrogens is 420 g/mol. The fourth-order valence-electron chi connectivity index (χ4n) is 3.89.